The van der Waals surface area contributed by atoms with Gasteiger partial charge in [-0.15, -0.1) is 0 Å². The number of carbonyl (C=O) groups is 1. The fraction of sp³-hybridized carbons (Fsp3) is 0.909. The zero-order valence-electron chi connectivity index (χ0n) is 9.60. The van der Waals surface area contributed by atoms with E-state index in [1.807, 2.05) is 13.8 Å². The summed E-state index contributed by atoms with van der Waals surface area (Å²) in [4.78, 5) is 11.1. The second-order valence-electron chi connectivity index (χ2n) is 3.75. The third-order valence-electron chi connectivity index (χ3n) is 3.07. The van der Waals surface area contributed by atoms with Crippen LogP contribution in [0, 0.1) is 46.3 Å². The summed E-state index contributed by atoms with van der Waals surface area (Å²) in [5.74, 6) is -0.617. The molecule has 0 aromatic carbocycles. The molecule has 0 aromatic rings. The molecular formula is C11H22NdO2. The quantitative estimate of drug-likeness (QED) is 0.726. The molecule has 82 valence electrons. The minimum atomic E-state index is -0.617. The monoisotopic (exact) mass is 328 g/mol. The molecule has 3 heteroatoms. The molecule has 1 N–H and O–H groups in total. The van der Waals surface area contributed by atoms with E-state index >= 15 is 0 Å². The molecule has 0 aliphatic carbocycles. The molecule has 0 saturated carbocycles. The Morgan fingerprint density at radius 3 is 1.93 bits per heavy atom. The summed E-state index contributed by atoms with van der Waals surface area (Å²) >= 11 is 0. The first-order valence-electron chi connectivity index (χ1n) is 5.36. The van der Waals surface area contributed by atoms with Crippen LogP contribution in [0.15, 0.2) is 0 Å². The van der Waals surface area contributed by atoms with Gasteiger partial charge in [0.05, 0.1) is 5.41 Å². The van der Waals surface area contributed by atoms with E-state index in [1.54, 1.807) is 0 Å². The van der Waals surface area contributed by atoms with E-state index in [1.165, 1.54) is 0 Å². The normalized spacial score (nSPS) is 10.8. The van der Waals surface area contributed by atoms with Crippen LogP contribution in [0.4, 0.5) is 0 Å². The zero-order chi connectivity index (χ0) is 10.3. The third-order valence-corrected chi connectivity index (χ3v) is 3.07. The molecular weight excluding hydrogens is 308 g/mol. The van der Waals surface area contributed by atoms with E-state index in [2.05, 4.69) is 6.92 Å². The van der Waals surface area contributed by atoms with E-state index in [0.29, 0.717) is 0 Å². The molecule has 0 heterocycles. The first-order chi connectivity index (χ1) is 6.13. The van der Waals surface area contributed by atoms with E-state index in [4.69, 9.17) is 5.11 Å². The van der Waals surface area contributed by atoms with Crippen LogP contribution >= 0.6 is 0 Å². The van der Waals surface area contributed by atoms with E-state index in [0.717, 1.165) is 38.5 Å². The van der Waals surface area contributed by atoms with Crippen LogP contribution in [0.3, 0.4) is 0 Å². The summed E-state index contributed by atoms with van der Waals surface area (Å²) in [7, 11) is 0. The fourth-order valence-corrected chi connectivity index (χ4v) is 1.73. The van der Waals surface area contributed by atoms with Gasteiger partial charge in [0.2, 0.25) is 0 Å². The van der Waals surface area contributed by atoms with Crippen molar-refractivity contribution in [3.05, 3.63) is 0 Å². The maximum Gasteiger partial charge on any atom is 0.309 e. The first kappa shape index (κ1) is 17.2. The van der Waals surface area contributed by atoms with Gasteiger partial charge in [0, 0.05) is 40.8 Å². The maximum absolute atomic E-state index is 11.1. The number of rotatable bonds is 7. The van der Waals surface area contributed by atoms with Crippen molar-refractivity contribution in [2.75, 3.05) is 0 Å². The van der Waals surface area contributed by atoms with Crippen LogP contribution in [0.25, 0.3) is 0 Å². The van der Waals surface area contributed by atoms with Gasteiger partial charge in [0.15, 0.2) is 0 Å². The van der Waals surface area contributed by atoms with Crippen LogP contribution in [-0.4, -0.2) is 11.1 Å². The van der Waals surface area contributed by atoms with Crippen LogP contribution < -0.4 is 0 Å². The molecule has 0 fully saturated rings. The molecule has 2 nitrogen and oxygen atoms in total. The largest absolute Gasteiger partial charge is 0.481 e. The minimum absolute atomic E-state index is 0. The molecule has 0 aliphatic rings. The summed E-state index contributed by atoms with van der Waals surface area (Å²) in [5, 5.41) is 9.12. The second-order valence-corrected chi connectivity index (χ2v) is 3.75. The Labute approximate surface area is 120 Å². The average molecular weight is 331 g/mol. The molecule has 0 saturated heterocycles. The molecule has 0 spiro atoms. The summed E-state index contributed by atoms with van der Waals surface area (Å²) in [5.41, 5.74) is -0.449. The summed E-state index contributed by atoms with van der Waals surface area (Å²) in [6.07, 6.45) is 5.69. The first-order valence-corrected chi connectivity index (χ1v) is 5.36. The topological polar surface area (TPSA) is 37.3 Å². The molecule has 0 unspecified atom stereocenters. The van der Waals surface area contributed by atoms with Crippen molar-refractivity contribution < 1.29 is 50.7 Å². The zero-order valence-corrected chi connectivity index (χ0v) is 12.8. The van der Waals surface area contributed by atoms with Crippen molar-refractivity contribution in [3.63, 3.8) is 0 Å². The van der Waals surface area contributed by atoms with Crippen LogP contribution in [0.2, 0.25) is 0 Å². The molecule has 0 atom stereocenters. The summed E-state index contributed by atoms with van der Waals surface area (Å²) in [6.45, 7) is 6.09. The van der Waals surface area contributed by atoms with Crippen molar-refractivity contribution in [2.24, 2.45) is 5.41 Å². The van der Waals surface area contributed by atoms with Gasteiger partial charge in [-0.05, 0) is 19.3 Å². The Morgan fingerprint density at radius 2 is 1.64 bits per heavy atom. The Hall–Kier alpha value is 0.821. The molecule has 0 bridgehead atoms. The predicted molar refractivity (Wildman–Crippen MR) is 54.8 cm³/mol. The van der Waals surface area contributed by atoms with Gasteiger partial charge in [0.25, 0.3) is 0 Å². The number of carboxylic acid groups (broad SMARTS) is 1. The SMILES string of the molecule is CCCCCC(CC)(CC)C(=O)O.[Nd]. The van der Waals surface area contributed by atoms with Crippen molar-refractivity contribution >= 4 is 5.97 Å². The Balaban J connectivity index is 0. The van der Waals surface area contributed by atoms with Crippen molar-refractivity contribution in [3.8, 4) is 0 Å². The number of unbranched alkanes of at least 4 members (excludes halogenated alkanes) is 2. The van der Waals surface area contributed by atoms with Gasteiger partial charge in [-0.25, -0.2) is 0 Å². The van der Waals surface area contributed by atoms with Crippen molar-refractivity contribution in [1.82, 2.24) is 0 Å². The Bertz CT molecular complexity index is 153. The predicted octanol–water partition coefficient (Wildman–Crippen LogP) is 3.46. The third kappa shape index (κ3) is 5.06. The van der Waals surface area contributed by atoms with Crippen molar-refractivity contribution in [2.45, 2.75) is 59.3 Å². The Morgan fingerprint density at radius 1 is 1.14 bits per heavy atom. The number of hydrogen-bond acceptors (Lipinski definition) is 1. The van der Waals surface area contributed by atoms with Gasteiger partial charge in [-0.1, -0.05) is 40.0 Å². The molecule has 0 rings (SSSR count). The van der Waals surface area contributed by atoms with Gasteiger partial charge < -0.3 is 5.11 Å². The summed E-state index contributed by atoms with van der Waals surface area (Å²) in [6, 6.07) is 0. The smallest absolute Gasteiger partial charge is 0.309 e. The number of hydrogen-bond donors (Lipinski definition) is 1. The van der Waals surface area contributed by atoms with Gasteiger partial charge in [-0.3, -0.25) is 4.79 Å². The standard InChI is InChI=1S/C11H22O2.Nd/c1-4-7-8-9-11(5-2,6-3)10(12)13;/h4-9H2,1-3H3,(H,12,13);. The van der Waals surface area contributed by atoms with Crippen LogP contribution in [-0.2, 0) is 4.79 Å². The maximum atomic E-state index is 11.1. The fourth-order valence-electron chi connectivity index (χ4n) is 1.73. The minimum Gasteiger partial charge on any atom is -0.481 e. The molecule has 0 radical (unpaired) electrons. The molecule has 0 aromatic heterocycles. The van der Waals surface area contributed by atoms with E-state index in [9.17, 15) is 4.79 Å². The number of aliphatic carboxylic acids is 1. The van der Waals surface area contributed by atoms with Crippen LogP contribution in [0.1, 0.15) is 59.3 Å². The molecule has 0 aliphatic heterocycles. The van der Waals surface area contributed by atoms with Gasteiger partial charge >= 0.3 is 5.97 Å². The Kier molecular flexibility index (Phi) is 11.2. The van der Waals surface area contributed by atoms with Crippen LogP contribution in [0.5, 0.6) is 0 Å². The van der Waals surface area contributed by atoms with Gasteiger partial charge in [-0.2, -0.15) is 0 Å². The molecule has 0 amide bonds. The van der Waals surface area contributed by atoms with Crippen molar-refractivity contribution in [1.29, 1.82) is 0 Å². The average Bonchev–Trinajstić information content (AvgIpc) is 2.13. The van der Waals surface area contributed by atoms with E-state index < -0.39 is 11.4 Å². The van der Waals surface area contributed by atoms with Gasteiger partial charge in [0.1, 0.15) is 0 Å². The van der Waals surface area contributed by atoms with E-state index in [-0.39, 0.29) is 40.8 Å². The summed E-state index contributed by atoms with van der Waals surface area (Å²) < 4.78 is 0. The number of carboxylic acids is 1. The molecule has 14 heavy (non-hydrogen) atoms. The second kappa shape index (κ2) is 9.08.